The van der Waals surface area contributed by atoms with Crippen LogP contribution in [0.3, 0.4) is 0 Å². The summed E-state index contributed by atoms with van der Waals surface area (Å²) in [6, 6.07) is 9.40. The number of nitrogens with one attached hydrogen (secondary N) is 2. The van der Waals surface area contributed by atoms with E-state index in [0.717, 1.165) is 43.6 Å². The maximum atomic E-state index is 12.6. The van der Waals surface area contributed by atoms with Crippen LogP contribution in [0, 0.1) is 11.3 Å². The lowest BCUT2D eigenvalue weighted by atomic mass is 9.91. The van der Waals surface area contributed by atoms with Gasteiger partial charge >= 0.3 is 0 Å². The van der Waals surface area contributed by atoms with Crippen LogP contribution in [0.15, 0.2) is 48.7 Å². The molecule has 0 radical (unpaired) electrons. The highest BCUT2D eigenvalue weighted by Crippen LogP contribution is 2.26. The summed E-state index contributed by atoms with van der Waals surface area (Å²) >= 11 is 0. The molecule has 2 N–H and O–H groups in total. The summed E-state index contributed by atoms with van der Waals surface area (Å²) in [6.45, 7) is 3.22. The first-order valence-electron chi connectivity index (χ1n) is 9.93. The van der Waals surface area contributed by atoms with Gasteiger partial charge in [-0.2, -0.15) is 0 Å². The van der Waals surface area contributed by atoms with Crippen LogP contribution >= 0.6 is 0 Å². The molecule has 6 heteroatoms. The zero-order valence-electron chi connectivity index (χ0n) is 16.4. The minimum absolute atomic E-state index is 0.121. The summed E-state index contributed by atoms with van der Waals surface area (Å²) in [6.07, 6.45) is 7.78. The predicted octanol–water partition coefficient (Wildman–Crippen LogP) is 3.28. The van der Waals surface area contributed by atoms with E-state index >= 15 is 0 Å². The lowest BCUT2D eigenvalue weighted by molar-refractivity contribution is -0.130. The number of nitrogens with zero attached hydrogens (tertiary/aromatic N) is 2. The summed E-state index contributed by atoms with van der Waals surface area (Å²) in [5.74, 6) is 0.942. The number of amides is 1. The van der Waals surface area contributed by atoms with Crippen LogP contribution in [0.25, 0.3) is 11.1 Å². The minimum Gasteiger partial charge on any atom is -0.343 e. The minimum atomic E-state index is -0.121. The average molecular weight is 388 g/mol. The molecule has 0 saturated carbocycles. The number of benzene rings is 1. The standard InChI is InChI=1S/C23H24N4O2/c1-15(28)27-9-5-6-16(14-27)10-18-13-25-23(26-18)20-12-22(29)19(11-21(20)24)17-7-3-2-4-8-17/h2-4,7-8,11-13,16,24H,5-6,9-10,14H2,1H3,(H,25,26). The van der Waals surface area contributed by atoms with Gasteiger partial charge in [0.15, 0.2) is 5.78 Å². The van der Waals surface area contributed by atoms with Crippen LogP contribution in [0.4, 0.5) is 0 Å². The first-order valence-corrected chi connectivity index (χ1v) is 9.93. The number of carbonyl (C=O) groups excluding carboxylic acids is 2. The maximum Gasteiger partial charge on any atom is 0.219 e. The Balaban J connectivity index is 1.48. The molecule has 1 atom stereocenters. The van der Waals surface area contributed by atoms with Crippen LogP contribution in [-0.4, -0.2) is 45.4 Å². The molecule has 0 spiro atoms. The second-order valence-corrected chi connectivity index (χ2v) is 7.69. The molecule has 2 aliphatic rings. The van der Waals surface area contributed by atoms with Gasteiger partial charge in [0.05, 0.1) is 5.71 Å². The van der Waals surface area contributed by atoms with Crippen LogP contribution in [0.5, 0.6) is 0 Å². The van der Waals surface area contributed by atoms with E-state index in [4.69, 9.17) is 5.41 Å². The van der Waals surface area contributed by atoms with Gasteiger partial charge in [0.1, 0.15) is 5.82 Å². The third-order valence-corrected chi connectivity index (χ3v) is 5.56. The topological polar surface area (TPSA) is 89.9 Å². The highest BCUT2D eigenvalue weighted by molar-refractivity contribution is 6.44. The SMILES string of the molecule is CC(=O)N1CCCC(Cc2cnc(C3=CC(=O)C(c4ccccc4)=CC3=N)[nH]2)C1. The fraction of sp³-hybridized carbons (Fsp3) is 0.304. The van der Waals surface area contributed by atoms with E-state index in [2.05, 4.69) is 9.97 Å². The van der Waals surface area contributed by atoms with E-state index < -0.39 is 0 Å². The highest BCUT2D eigenvalue weighted by atomic mass is 16.2. The molecule has 29 heavy (non-hydrogen) atoms. The fourth-order valence-corrected chi connectivity index (χ4v) is 4.05. The van der Waals surface area contributed by atoms with E-state index in [9.17, 15) is 9.59 Å². The zero-order valence-corrected chi connectivity index (χ0v) is 16.4. The number of aromatic nitrogens is 2. The van der Waals surface area contributed by atoms with E-state index in [1.165, 1.54) is 6.08 Å². The van der Waals surface area contributed by atoms with Crippen molar-refractivity contribution in [2.75, 3.05) is 13.1 Å². The number of piperidine rings is 1. The summed E-state index contributed by atoms with van der Waals surface area (Å²) in [4.78, 5) is 33.9. The molecule has 2 aromatic rings. The van der Waals surface area contributed by atoms with Gasteiger partial charge in [0.25, 0.3) is 0 Å². The van der Waals surface area contributed by atoms with Gasteiger partial charge in [-0.05, 0) is 42.9 Å². The van der Waals surface area contributed by atoms with Crippen LogP contribution in [0.1, 0.15) is 36.8 Å². The van der Waals surface area contributed by atoms with Crippen LogP contribution < -0.4 is 0 Å². The van der Waals surface area contributed by atoms with Crippen molar-refractivity contribution in [3.63, 3.8) is 0 Å². The van der Waals surface area contributed by atoms with Gasteiger partial charge in [0.2, 0.25) is 5.91 Å². The first-order chi connectivity index (χ1) is 14.0. The number of rotatable bonds is 4. The largest absolute Gasteiger partial charge is 0.343 e. The van der Waals surface area contributed by atoms with E-state index in [-0.39, 0.29) is 17.4 Å². The molecule has 148 valence electrons. The summed E-state index contributed by atoms with van der Waals surface area (Å²) in [7, 11) is 0. The zero-order chi connectivity index (χ0) is 20.4. The molecule has 2 heterocycles. The molecule has 1 saturated heterocycles. The van der Waals surface area contributed by atoms with Gasteiger partial charge in [-0.3, -0.25) is 9.59 Å². The maximum absolute atomic E-state index is 12.6. The Bertz CT molecular complexity index is 1020. The molecule has 1 aromatic heterocycles. The predicted molar refractivity (Wildman–Crippen MR) is 112 cm³/mol. The average Bonchev–Trinajstić information content (AvgIpc) is 3.18. The van der Waals surface area contributed by atoms with Crippen molar-refractivity contribution >= 4 is 28.5 Å². The van der Waals surface area contributed by atoms with E-state index in [1.807, 2.05) is 35.2 Å². The van der Waals surface area contributed by atoms with Crippen molar-refractivity contribution in [1.29, 1.82) is 5.41 Å². The smallest absolute Gasteiger partial charge is 0.219 e. The number of hydrogen-bond donors (Lipinski definition) is 2. The summed E-state index contributed by atoms with van der Waals surface area (Å²) in [5.41, 5.74) is 3.08. The Hall–Kier alpha value is -3.28. The lowest BCUT2D eigenvalue weighted by Crippen LogP contribution is -2.39. The molecule has 1 aliphatic carbocycles. The quantitative estimate of drug-likeness (QED) is 0.788. The van der Waals surface area contributed by atoms with Crippen molar-refractivity contribution in [2.45, 2.75) is 26.2 Å². The molecular weight excluding hydrogens is 364 g/mol. The number of H-pyrrole nitrogens is 1. The molecular formula is C23H24N4O2. The van der Waals surface area contributed by atoms with Crippen molar-refractivity contribution in [3.05, 3.63) is 65.8 Å². The van der Waals surface area contributed by atoms with Gasteiger partial charge in [-0.15, -0.1) is 0 Å². The third-order valence-electron chi connectivity index (χ3n) is 5.56. The normalized spacial score (nSPS) is 19.8. The Morgan fingerprint density at radius 2 is 2.03 bits per heavy atom. The van der Waals surface area contributed by atoms with Gasteiger partial charge in [-0.25, -0.2) is 4.98 Å². The summed E-state index contributed by atoms with van der Waals surface area (Å²) in [5, 5.41) is 8.39. The number of ketones is 1. The molecule has 1 fully saturated rings. The molecule has 1 aromatic carbocycles. The van der Waals surface area contributed by atoms with Crippen molar-refractivity contribution in [1.82, 2.24) is 14.9 Å². The Morgan fingerprint density at radius 1 is 1.24 bits per heavy atom. The second kappa shape index (κ2) is 7.99. The van der Waals surface area contributed by atoms with E-state index in [0.29, 0.717) is 22.9 Å². The molecule has 6 nitrogen and oxygen atoms in total. The van der Waals surface area contributed by atoms with Crippen molar-refractivity contribution in [2.24, 2.45) is 5.92 Å². The number of imidazole rings is 1. The number of hydrogen-bond acceptors (Lipinski definition) is 4. The van der Waals surface area contributed by atoms with Gasteiger partial charge in [0, 0.05) is 43.1 Å². The Labute approximate surface area is 169 Å². The highest BCUT2D eigenvalue weighted by Gasteiger charge is 2.24. The number of likely N-dealkylation sites (tertiary alicyclic amines) is 1. The molecule has 1 unspecified atom stereocenters. The monoisotopic (exact) mass is 388 g/mol. The van der Waals surface area contributed by atoms with Crippen LogP contribution in [0.2, 0.25) is 0 Å². The number of aromatic amines is 1. The van der Waals surface area contributed by atoms with Crippen molar-refractivity contribution in [3.8, 4) is 0 Å². The Morgan fingerprint density at radius 3 is 2.79 bits per heavy atom. The van der Waals surface area contributed by atoms with Crippen molar-refractivity contribution < 1.29 is 9.59 Å². The van der Waals surface area contributed by atoms with E-state index in [1.54, 1.807) is 19.2 Å². The second-order valence-electron chi connectivity index (χ2n) is 7.69. The number of carbonyl (C=O) groups is 2. The third kappa shape index (κ3) is 4.11. The molecule has 1 aliphatic heterocycles. The summed E-state index contributed by atoms with van der Waals surface area (Å²) < 4.78 is 0. The first kappa shape index (κ1) is 19.1. The number of allylic oxidation sites excluding steroid dienone is 4. The van der Waals surface area contributed by atoms with Gasteiger partial charge < -0.3 is 15.3 Å². The fourth-order valence-electron chi connectivity index (χ4n) is 4.05. The molecule has 1 amide bonds. The van der Waals surface area contributed by atoms with Crippen LogP contribution in [-0.2, 0) is 16.0 Å². The lowest BCUT2D eigenvalue weighted by Gasteiger charge is -2.31. The molecule has 4 rings (SSSR count). The molecule has 0 bridgehead atoms. The Kier molecular flexibility index (Phi) is 5.25. The van der Waals surface area contributed by atoms with Gasteiger partial charge in [-0.1, -0.05) is 30.3 Å².